The van der Waals surface area contributed by atoms with Gasteiger partial charge in [0.05, 0.1) is 10.0 Å². The van der Waals surface area contributed by atoms with Crippen LogP contribution in [0.15, 0.2) is 18.2 Å². The molecule has 0 aromatic heterocycles. The molecule has 0 heterocycles. The number of hydrogen-bond donors (Lipinski definition) is 1. The molecule has 1 nitrogen and oxygen atoms in total. The minimum Gasteiger partial charge on any atom is -0.317 e. The predicted octanol–water partition coefficient (Wildman–Crippen LogP) is 5.20. The predicted molar refractivity (Wildman–Crippen MR) is 88.7 cm³/mol. The van der Waals surface area contributed by atoms with Crippen LogP contribution < -0.4 is 5.32 Å². The molecule has 3 heteroatoms. The van der Waals surface area contributed by atoms with Crippen molar-refractivity contribution >= 4 is 23.2 Å². The lowest BCUT2D eigenvalue weighted by Crippen LogP contribution is -2.40. The zero-order valence-electron chi connectivity index (χ0n) is 12.6. The van der Waals surface area contributed by atoms with Gasteiger partial charge in [-0.3, -0.25) is 0 Å². The molecule has 1 N–H and O–H groups in total. The van der Waals surface area contributed by atoms with Gasteiger partial charge in [0.25, 0.3) is 0 Å². The number of hydrogen-bond acceptors (Lipinski definition) is 1. The molecule has 2 rings (SSSR count). The van der Waals surface area contributed by atoms with Gasteiger partial charge in [-0.15, -0.1) is 0 Å². The lowest BCUT2D eigenvalue weighted by atomic mass is 9.72. The summed E-state index contributed by atoms with van der Waals surface area (Å²) in [7, 11) is 2.08. The second-order valence-electron chi connectivity index (χ2n) is 6.39. The maximum atomic E-state index is 6.35. The Labute approximate surface area is 133 Å². The fourth-order valence-corrected chi connectivity index (χ4v) is 3.90. The van der Waals surface area contributed by atoms with Crippen molar-refractivity contribution in [2.45, 2.75) is 45.6 Å². The summed E-state index contributed by atoms with van der Waals surface area (Å²) < 4.78 is 0. The SMILES string of the molecule is CNC1CCC(C(C)C)CC1Cc1cccc(Cl)c1Cl. The first-order chi connectivity index (χ1) is 9.52. The van der Waals surface area contributed by atoms with Crippen LogP contribution in [0.1, 0.15) is 38.7 Å². The van der Waals surface area contributed by atoms with Crippen LogP contribution in [0.3, 0.4) is 0 Å². The largest absolute Gasteiger partial charge is 0.317 e. The van der Waals surface area contributed by atoms with E-state index in [-0.39, 0.29) is 0 Å². The van der Waals surface area contributed by atoms with Gasteiger partial charge in [0.15, 0.2) is 0 Å². The van der Waals surface area contributed by atoms with E-state index in [0.717, 1.165) is 23.3 Å². The third kappa shape index (κ3) is 3.69. The minimum atomic E-state index is 0.597. The van der Waals surface area contributed by atoms with Crippen LogP contribution in [0.4, 0.5) is 0 Å². The van der Waals surface area contributed by atoms with Crippen molar-refractivity contribution in [1.82, 2.24) is 5.32 Å². The lowest BCUT2D eigenvalue weighted by molar-refractivity contribution is 0.173. The molecule has 112 valence electrons. The summed E-state index contributed by atoms with van der Waals surface area (Å²) >= 11 is 12.5. The Morgan fingerprint density at radius 3 is 2.65 bits per heavy atom. The zero-order chi connectivity index (χ0) is 14.7. The van der Waals surface area contributed by atoms with E-state index in [1.807, 2.05) is 12.1 Å². The van der Waals surface area contributed by atoms with Crippen LogP contribution in [0, 0.1) is 17.8 Å². The quantitative estimate of drug-likeness (QED) is 0.806. The summed E-state index contributed by atoms with van der Waals surface area (Å²) in [4.78, 5) is 0. The number of rotatable bonds is 4. The molecule has 1 aliphatic rings. The first-order valence-corrected chi connectivity index (χ1v) is 8.38. The Hall–Kier alpha value is -0.240. The highest BCUT2D eigenvalue weighted by molar-refractivity contribution is 6.42. The van der Waals surface area contributed by atoms with E-state index in [2.05, 4.69) is 32.3 Å². The first kappa shape index (κ1) is 16.1. The van der Waals surface area contributed by atoms with Crippen LogP contribution in [-0.2, 0) is 6.42 Å². The molecule has 1 aromatic carbocycles. The highest BCUT2D eigenvalue weighted by atomic mass is 35.5. The van der Waals surface area contributed by atoms with Crippen LogP contribution >= 0.6 is 23.2 Å². The summed E-state index contributed by atoms with van der Waals surface area (Å²) in [6.45, 7) is 4.68. The van der Waals surface area contributed by atoms with E-state index in [1.54, 1.807) is 0 Å². The number of nitrogens with one attached hydrogen (secondary N) is 1. The zero-order valence-corrected chi connectivity index (χ0v) is 14.1. The van der Waals surface area contributed by atoms with E-state index in [1.165, 1.54) is 24.8 Å². The topological polar surface area (TPSA) is 12.0 Å². The molecule has 0 radical (unpaired) electrons. The van der Waals surface area contributed by atoms with Crippen molar-refractivity contribution < 1.29 is 0 Å². The van der Waals surface area contributed by atoms with E-state index in [0.29, 0.717) is 17.0 Å². The molecular formula is C17H25Cl2N. The minimum absolute atomic E-state index is 0.597. The fraction of sp³-hybridized carbons (Fsp3) is 0.647. The maximum absolute atomic E-state index is 6.35. The third-order valence-electron chi connectivity index (χ3n) is 4.85. The summed E-state index contributed by atoms with van der Waals surface area (Å²) in [5.41, 5.74) is 1.19. The van der Waals surface area contributed by atoms with Gasteiger partial charge in [0.2, 0.25) is 0 Å². The smallest absolute Gasteiger partial charge is 0.0624 e. The normalized spacial score (nSPS) is 27.0. The van der Waals surface area contributed by atoms with Gasteiger partial charge < -0.3 is 5.32 Å². The van der Waals surface area contributed by atoms with E-state index >= 15 is 0 Å². The molecule has 3 unspecified atom stereocenters. The van der Waals surface area contributed by atoms with Gasteiger partial charge >= 0.3 is 0 Å². The van der Waals surface area contributed by atoms with Crippen molar-refractivity contribution in [1.29, 1.82) is 0 Å². The molecule has 0 saturated heterocycles. The van der Waals surface area contributed by atoms with Crippen molar-refractivity contribution in [2.75, 3.05) is 7.05 Å². The second-order valence-corrected chi connectivity index (χ2v) is 7.17. The van der Waals surface area contributed by atoms with Crippen molar-refractivity contribution in [3.63, 3.8) is 0 Å². The van der Waals surface area contributed by atoms with Gasteiger partial charge in [-0.1, -0.05) is 49.2 Å². The van der Waals surface area contributed by atoms with E-state index in [4.69, 9.17) is 23.2 Å². The fourth-order valence-electron chi connectivity index (χ4n) is 3.50. The second kappa shape index (κ2) is 7.15. The molecule has 0 bridgehead atoms. The molecule has 0 amide bonds. The summed E-state index contributed by atoms with van der Waals surface area (Å²) in [5.74, 6) is 2.25. The third-order valence-corrected chi connectivity index (χ3v) is 5.71. The van der Waals surface area contributed by atoms with Crippen LogP contribution in [0.2, 0.25) is 10.0 Å². The highest BCUT2D eigenvalue weighted by Crippen LogP contribution is 2.37. The Kier molecular flexibility index (Phi) is 5.77. The van der Waals surface area contributed by atoms with Crippen LogP contribution in [-0.4, -0.2) is 13.1 Å². The van der Waals surface area contributed by atoms with Crippen molar-refractivity contribution in [3.8, 4) is 0 Å². The van der Waals surface area contributed by atoms with Crippen LogP contribution in [0.5, 0.6) is 0 Å². The molecule has 0 aliphatic heterocycles. The Morgan fingerprint density at radius 1 is 1.25 bits per heavy atom. The Bertz CT molecular complexity index is 445. The Morgan fingerprint density at radius 2 is 2.00 bits per heavy atom. The van der Waals surface area contributed by atoms with Gasteiger partial charge in [-0.25, -0.2) is 0 Å². The molecule has 1 fully saturated rings. The van der Waals surface area contributed by atoms with Gasteiger partial charge in [0, 0.05) is 6.04 Å². The molecule has 0 spiro atoms. The number of benzene rings is 1. The van der Waals surface area contributed by atoms with Crippen LogP contribution in [0.25, 0.3) is 0 Å². The molecule has 20 heavy (non-hydrogen) atoms. The average molecular weight is 314 g/mol. The van der Waals surface area contributed by atoms with Crippen molar-refractivity contribution in [3.05, 3.63) is 33.8 Å². The summed E-state index contributed by atoms with van der Waals surface area (Å²) in [6.07, 6.45) is 4.91. The maximum Gasteiger partial charge on any atom is 0.0624 e. The van der Waals surface area contributed by atoms with E-state index in [9.17, 15) is 0 Å². The average Bonchev–Trinajstić information content (AvgIpc) is 2.43. The first-order valence-electron chi connectivity index (χ1n) is 7.63. The van der Waals surface area contributed by atoms with Crippen molar-refractivity contribution in [2.24, 2.45) is 17.8 Å². The molecule has 1 aromatic rings. The molecule has 3 atom stereocenters. The number of halogens is 2. The monoisotopic (exact) mass is 313 g/mol. The van der Waals surface area contributed by atoms with Gasteiger partial charge in [0.1, 0.15) is 0 Å². The van der Waals surface area contributed by atoms with Gasteiger partial charge in [-0.05, 0) is 62.1 Å². The van der Waals surface area contributed by atoms with E-state index < -0.39 is 0 Å². The molecule has 1 aliphatic carbocycles. The van der Waals surface area contributed by atoms with Gasteiger partial charge in [-0.2, -0.15) is 0 Å². The highest BCUT2D eigenvalue weighted by Gasteiger charge is 2.31. The summed E-state index contributed by atoms with van der Waals surface area (Å²) in [5, 5.41) is 4.89. The summed E-state index contributed by atoms with van der Waals surface area (Å²) in [6, 6.07) is 6.57. The standard InChI is InChI=1S/C17H25Cl2N/c1-11(2)12-7-8-16(20-3)14(9-12)10-13-5-4-6-15(18)17(13)19/h4-6,11-12,14,16,20H,7-10H2,1-3H3. The lowest BCUT2D eigenvalue weighted by Gasteiger charge is -2.38. The molecule has 1 saturated carbocycles. The Balaban J connectivity index is 2.13. The molecular weight excluding hydrogens is 289 g/mol.